The number of aryl methyl sites for hydroxylation is 1. The number of hydrogen-bond donors (Lipinski definition) is 1. The van der Waals surface area contributed by atoms with Gasteiger partial charge in [0.1, 0.15) is 12.4 Å². The normalized spacial score (nSPS) is 20.3. The van der Waals surface area contributed by atoms with Gasteiger partial charge in [-0.25, -0.2) is 0 Å². The first kappa shape index (κ1) is 13.9. The van der Waals surface area contributed by atoms with Gasteiger partial charge in [-0.3, -0.25) is 0 Å². The van der Waals surface area contributed by atoms with Crippen molar-refractivity contribution in [3.05, 3.63) is 29.3 Å². The molecule has 0 spiro atoms. The minimum atomic E-state index is 0.175. The average Bonchev–Trinajstić information content (AvgIpc) is 2.45. The number of oxime groups is 1. The Hall–Kier alpha value is -1.55. The largest absolute Gasteiger partial charge is 0.490 e. The fraction of sp³-hybridized carbons (Fsp3) is 0.533. The van der Waals surface area contributed by atoms with Crippen LogP contribution >= 0.6 is 0 Å². The van der Waals surface area contributed by atoms with E-state index in [0.29, 0.717) is 12.3 Å². The van der Waals surface area contributed by atoms with Crippen LogP contribution < -0.4 is 4.74 Å². The van der Waals surface area contributed by atoms with Crippen LogP contribution in [0.2, 0.25) is 0 Å². The van der Waals surface area contributed by atoms with E-state index in [4.69, 9.17) is 14.7 Å². The van der Waals surface area contributed by atoms with E-state index in [9.17, 15) is 0 Å². The average molecular weight is 263 g/mol. The molecule has 0 radical (unpaired) electrons. The summed E-state index contributed by atoms with van der Waals surface area (Å²) < 4.78 is 11.5. The summed E-state index contributed by atoms with van der Waals surface area (Å²) in [4.78, 5) is 0. The third-order valence-electron chi connectivity index (χ3n) is 3.38. The molecule has 0 bridgehead atoms. The van der Waals surface area contributed by atoms with Crippen molar-refractivity contribution in [3.63, 3.8) is 0 Å². The topological polar surface area (TPSA) is 51.1 Å². The molecule has 1 aliphatic rings. The molecule has 1 N–H and O–H groups in total. The zero-order chi connectivity index (χ0) is 13.7. The second-order valence-electron chi connectivity index (χ2n) is 4.98. The van der Waals surface area contributed by atoms with Gasteiger partial charge in [0.15, 0.2) is 0 Å². The summed E-state index contributed by atoms with van der Waals surface area (Å²) in [5.41, 5.74) is 2.50. The highest BCUT2D eigenvalue weighted by molar-refractivity contribution is 6.00. The number of rotatable bonds is 4. The quantitative estimate of drug-likeness (QED) is 0.516. The summed E-state index contributed by atoms with van der Waals surface area (Å²) in [5.74, 6) is 0.754. The highest BCUT2D eigenvalue weighted by Crippen LogP contribution is 2.23. The molecule has 1 aromatic rings. The molecule has 1 fully saturated rings. The summed E-state index contributed by atoms with van der Waals surface area (Å²) in [6.45, 7) is 5.15. The Labute approximate surface area is 114 Å². The van der Waals surface area contributed by atoms with Crippen molar-refractivity contribution in [2.45, 2.75) is 39.2 Å². The lowest BCUT2D eigenvalue weighted by atomic mass is 10.1. The van der Waals surface area contributed by atoms with Crippen molar-refractivity contribution in [3.8, 4) is 5.75 Å². The molecule has 4 nitrogen and oxygen atoms in total. The van der Waals surface area contributed by atoms with Crippen LogP contribution in [0.5, 0.6) is 5.75 Å². The van der Waals surface area contributed by atoms with E-state index in [1.807, 2.05) is 25.1 Å². The van der Waals surface area contributed by atoms with Gasteiger partial charge in [-0.2, -0.15) is 0 Å². The second kappa shape index (κ2) is 6.57. The van der Waals surface area contributed by atoms with E-state index in [1.165, 1.54) is 6.42 Å². The fourth-order valence-corrected chi connectivity index (χ4v) is 2.22. The van der Waals surface area contributed by atoms with Gasteiger partial charge in [0.2, 0.25) is 0 Å². The summed E-state index contributed by atoms with van der Waals surface area (Å²) in [6.07, 6.45) is 3.57. The minimum Gasteiger partial charge on any atom is -0.490 e. The molecular formula is C15H21NO3. The maximum absolute atomic E-state index is 8.91. The molecule has 0 aliphatic carbocycles. The molecule has 4 heteroatoms. The van der Waals surface area contributed by atoms with Crippen LogP contribution in [0.1, 0.15) is 37.3 Å². The maximum Gasteiger partial charge on any atom is 0.128 e. The Bertz CT molecular complexity index is 451. The minimum absolute atomic E-state index is 0.175. The van der Waals surface area contributed by atoms with E-state index in [-0.39, 0.29) is 6.10 Å². The molecule has 1 atom stereocenters. The molecule has 1 aliphatic heterocycles. The molecule has 1 aromatic carbocycles. The molecular weight excluding hydrogens is 242 g/mol. The van der Waals surface area contributed by atoms with Gasteiger partial charge in [0, 0.05) is 12.2 Å². The van der Waals surface area contributed by atoms with Gasteiger partial charge in [0.25, 0.3) is 0 Å². The lowest BCUT2D eigenvalue weighted by Crippen LogP contribution is -2.26. The number of nitrogens with zero attached hydrogens (tertiary/aromatic N) is 1. The Kier molecular flexibility index (Phi) is 4.80. The molecule has 1 saturated heterocycles. The summed E-state index contributed by atoms with van der Waals surface area (Å²) in [6, 6.07) is 5.86. The first-order valence-corrected chi connectivity index (χ1v) is 6.75. The van der Waals surface area contributed by atoms with Crippen LogP contribution in [-0.4, -0.2) is 30.2 Å². The maximum atomic E-state index is 8.91. The fourth-order valence-electron chi connectivity index (χ4n) is 2.22. The Morgan fingerprint density at radius 1 is 1.47 bits per heavy atom. The Balaban J connectivity index is 2.07. The van der Waals surface area contributed by atoms with Crippen molar-refractivity contribution in [2.24, 2.45) is 5.16 Å². The highest BCUT2D eigenvalue weighted by atomic mass is 16.5. The van der Waals surface area contributed by atoms with Gasteiger partial charge in [0.05, 0.1) is 11.8 Å². The number of hydrogen-bond acceptors (Lipinski definition) is 4. The SMILES string of the molecule is CC(=NO)c1ccc(C)cc1OCC1CCCCO1. The van der Waals surface area contributed by atoms with Gasteiger partial charge in [-0.05, 0) is 50.8 Å². The number of benzene rings is 1. The zero-order valence-electron chi connectivity index (χ0n) is 11.6. The van der Waals surface area contributed by atoms with Crippen LogP contribution in [-0.2, 0) is 4.74 Å². The lowest BCUT2D eigenvalue weighted by molar-refractivity contribution is -0.0111. The van der Waals surface area contributed by atoms with Crippen molar-refractivity contribution >= 4 is 5.71 Å². The van der Waals surface area contributed by atoms with E-state index < -0.39 is 0 Å². The molecule has 0 amide bonds. The molecule has 1 heterocycles. The molecule has 104 valence electrons. The van der Waals surface area contributed by atoms with Crippen LogP contribution in [0.25, 0.3) is 0 Å². The smallest absolute Gasteiger partial charge is 0.128 e. The predicted molar refractivity (Wildman–Crippen MR) is 74.3 cm³/mol. The molecule has 0 saturated carbocycles. The van der Waals surface area contributed by atoms with E-state index in [1.54, 1.807) is 6.92 Å². The monoisotopic (exact) mass is 263 g/mol. The Morgan fingerprint density at radius 3 is 3.00 bits per heavy atom. The van der Waals surface area contributed by atoms with E-state index in [2.05, 4.69) is 5.16 Å². The van der Waals surface area contributed by atoms with Crippen molar-refractivity contribution in [1.29, 1.82) is 0 Å². The van der Waals surface area contributed by atoms with Gasteiger partial charge in [-0.1, -0.05) is 11.2 Å². The highest BCUT2D eigenvalue weighted by Gasteiger charge is 2.16. The molecule has 19 heavy (non-hydrogen) atoms. The predicted octanol–water partition coefficient (Wildman–Crippen LogP) is 3.14. The van der Waals surface area contributed by atoms with Crippen LogP contribution in [0.15, 0.2) is 23.4 Å². The summed E-state index contributed by atoms with van der Waals surface area (Å²) >= 11 is 0. The molecule has 1 unspecified atom stereocenters. The van der Waals surface area contributed by atoms with Gasteiger partial charge >= 0.3 is 0 Å². The molecule has 2 rings (SSSR count). The van der Waals surface area contributed by atoms with Crippen molar-refractivity contribution in [2.75, 3.05) is 13.2 Å². The van der Waals surface area contributed by atoms with Crippen molar-refractivity contribution in [1.82, 2.24) is 0 Å². The Morgan fingerprint density at radius 2 is 2.32 bits per heavy atom. The molecule has 0 aromatic heterocycles. The summed E-state index contributed by atoms with van der Waals surface area (Å²) in [5, 5.41) is 12.2. The van der Waals surface area contributed by atoms with Crippen LogP contribution in [0.3, 0.4) is 0 Å². The van der Waals surface area contributed by atoms with E-state index in [0.717, 1.165) is 36.3 Å². The standard InChI is InChI=1S/C15H21NO3/c1-11-6-7-14(12(2)16-17)15(9-11)19-10-13-5-3-4-8-18-13/h6-7,9,13,17H,3-5,8,10H2,1-2H3. The zero-order valence-corrected chi connectivity index (χ0v) is 11.6. The van der Waals surface area contributed by atoms with E-state index >= 15 is 0 Å². The van der Waals surface area contributed by atoms with Gasteiger partial charge < -0.3 is 14.7 Å². The summed E-state index contributed by atoms with van der Waals surface area (Å²) in [7, 11) is 0. The third kappa shape index (κ3) is 3.70. The first-order chi connectivity index (χ1) is 9.20. The lowest BCUT2D eigenvalue weighted by Gasteiger charge is -2.23. The van der Waals surface area contributed by atoms with Crippen molar-refractivity contribution < 1.29 is 14.7 Å². The first-order valence-electron chi connectivity index (χ1n) is 6.75. The van der Waals surface area contributed by atoms with Crippen LogP contribution in [0.4, 0.5) is 0 Å². The third-order valence-corrected chi connectivity index (χ3v) is 3.38. The second-order valence-corrected chi connectivity index (χ2v) is 4.98. The van der Waals surface area contributed by atoms with Crippen LogP contribution in [0, 0.1) is 6.92 Å². The van der Waals surface area contributed by atoms with Gasteiger partial charge in [-0.15, -0.1) is 0 Å². The number of ether oxygens (including phenoxy) is 2.